The smallest absolute Gasteiger partial charge is 0.455 e. The van der Waals surface area contributed by atoms with E-state index in [0.29, 0.717) is 5.56 Å². The summed E-state index contributed by atoms with van der Waals surface area (Å²) < 4.78 is 78.3. The van der Waals surface area contributed by atoms with Gasteiger partial charge in [-0.3, -0.25) is 0 Å². The summed E-state index contributed by atoms with van der Waals surface area (Å²) in [6.45, 7) is 0.694. The molecule has 28 heavy (non-hydrogen) atoms. The molecule has 0 saturated heterocycles. The molecule has 1 heterocycles. The highest BCUT2D eigenvalue weighted by Gasteiger charge is 2.49. The lowest BCUT2D eigenvalue weighted by molar-refractivity contribution is -0.154. The van der Waals surface area contributed by atoms with Gasteiger partial charge in [-0.15, -0.1) is 0 Å². The molecule has 12 heteroatoms. The van der Waals surface area contributed by atoms with Crippen molar-refractivity contribution in [1.82, 2.24) is 0 Å². The summed E-state index contributed by atoms with van der Waals surface area (Å²) in [5, 5.41) is 0. The van der Waals surface area contributed by atoms with Gasteiger partial charge in [-0.25, -0.2) is 13.8 Å². The van der Waals surface area contributed by atoms with Gasteiger partial charge in [-0.1, -0.05) is 30.3 Å². The van der Waals surface area contributed by atoms with Crippen LogP contribution in [0.5, 0.6) is 0 Å². The number of alkyl halides is 3. The van der Waals surface area contributed by atoms with E-state index in [-0.39, 0.29) is 17.9 Å². The minimum atomic E-state index is -6.03. The molecule has 8 nitrogen and oxygen atoms in total. The van der Waals surface area contributed by atoms with Gasteiger partial charge >= 0.3 is 27.4 Å². The van der Waals surface area contributed by atoms with E-state index < -0.39 is 46.5 Å². The van der Waals surface area contributed by atoms with E-state index in [0.717, 1.165) is 0 Å². The van der Waals surface area contributed by atoms with Crippen LogP contribution in [0.15, 0.2) is 44.0 Å². The van der Waals surface area contributed by atoms with Crippen molar-refractivity contribution >= 4 is 16.1 Å². The Balaban J connectivity index is 2.12. The van der Waals surface area contributed by atoms with Crippen molar-refractivity contribution < 1.29 is 44.1 Å². The predicted octanol–water partition coefficient (Wildman–Crippen LogP) is 2.45. The number of ether oxygens (including phenoxy) is 1. The average molecular weight is 424 g/mol. The maximum absolute atomic E-state index is 12.6. The van der Waals surface area contributed by atoms with E-state index in [4.69, 9.17) is 4.74 Å². The minimum Gasteiger partial charge on any atom is -0.455 e. The molecule has 0 saturated carbocycles. The highest BCUT2D eigenvalue weighted by atomic mass is 32.2. The molecule has 0 amide bonds. The quantitative estimate of drug-likeness (QED) is 0.361. The fraction of sp³-hybridized carbons (Fsp3) is 0.375. The van der Waals surface area contributed by atoms with E-state index in [1.807, 2.05) is 0 Å². The minimum absolute atomic E-state index is 0.00228. The third kappa shape index (κ3) is 5.70. The second kappa shape index (κ2) is 8.61. The van der Waals surface area contributed by atoms with Crippen molar-refractivity contribution in [3.63, 3.8) is 0 Å². The van der Waals surface area contributed by atoms with Gasteiger partial charge in [-0.05, 0) is 25.3 Å². The maximum atomic E-state index is 12.6. The molecule has 0 spiro atoms. The van der Waals surface area contributed by atoms with Gasteiger partial charge in [0.1, 0.15) is 0 Å². The Bertz CT molecular complexity index is 960. The Kier molecular flexibility index (Phi) is 6.67. The van der Waals surface area contributed by atoms with Gasteiger partial charge in [-0.2, -0.15) is 21.6 Å². The van der Waals surface area contributed by atoms with Crippen molar-refractivity contribution in [2.45, 2.75) is 38.0 Å². The zero-order valence-corrected chi connectivity index (χ0v) is 15.2. The first-order valence-electron chi connectivity index (χ1n) is 7.79. The summed E-state index contributed by atoms with van der Waals surface area (Å²) in [5.41, 5.74) is -5.06. The van der Waals surface area contributed by atoms with Crippen molar-refractivity contribution in [2.24, 2.45) is 0 Å². The molecule has 0 aliphatic heterocycles. The number of esters is 1. The van der Waals surface area contributed by atoms with E-state index in [9.17, 15) is 31.2 Å². The lowest BCUT2D eigenvalue weighted by Gasteiger charge is -2.17. The van der Waals surface area contributed by atoms with E-state index in [1.54, 1.807) is 30.3 Å². The number of rotatable bonds is 8. The van der Waals surface area contributed by atoms with Gasteiger partial charge in [0.25, 0.3) is 0 Å². The second-order valence-electron chi connectivity index (χ2n) is 5.55. The van der Waals surface area contributed by atoms with Crippen molar-refractivity contribution in [3.05, 3.63) is 58.0 Å². The lowest BCUT2D eigenvalue weighted by Crippen LogP contribution is -2.35. The summed E-state index contributed by atoms with van der Waals surface area (Å²) in [6, 6.07) is 8.33. The van der Waals surface area contributed by atoms with E-state index >= 15 is 0 Å². The first kappa shape index (κ1) is 21.7. The fourth-order valence-corrected chi connectivity index (χ4v) is 2.68. The maximum Gasteiger partial charge on any atom is 0.523 e. The van der Waals surface area contributed by atoms with Gasteiger partial charge in [0.05, 0.1) is 0 Å². The van der Waals surface area contributed by atoms with Crippen LogP contribution in [0.4, 0.5) is 13.2 Å². The van der Waals surface area contributed by atoms with Crippen LogP contribution in [0.3, 0.4) is 0 Å². The molecular weight excluding hydrogens is 409 g/mol. The Morgan fingerprint density at radius 1 is 1.18 bits per heavy atom. The molecule has 0 aliphatic rings. The summed E-state index contributed by atoms with van der Waals surface area (Å²) in [7, 11) is -6.03. The number of hydrogen-bond donors (Lipinski definition) is 0. The monoisotopic (exact) mass is 424 g/mol. The van der Waals surface area contributed by atoms with Crippen LogP contribution >= 0.6 is 0 Å². The first-order chi connectivity index (χ1) is 13.0. The normalized spacial score (nSPS) is 13.3. The van der Waals surface area contributed by atoms with Gasteiger partial charge < -0.3 is 13.6 Å². The fourth-order valence-electron chi connectivity index (χ4n) is 2.09. The summed E-state index contributed by atoms with van der Waals surface area (Å²) >= 11 is 0. The number of carbonyl (C=O) groups is 1. The number of benzene rings is 1. The summed E-state index contributed by atoms with van der Waals surface area (Å²) in [5.74, 6) is -2.59. The Hall–Kier alpha value is -2.60. The number of hydrogen-bond acceptors (Lipinski definition) is 8. The van der Waals surface area contributed by atoms with Crippen LogP contribution in [0.2, 0.25) is 0 Å². The van der Waals surface area contributed by atoms with Gasteiger partial charge in [0.15, 0.2) is 24.2 Å². The van der Waals surface area contributed by atoms with Crippen LogP contribution < -0.4 is 5.82 Å². The lowest BCUT2D eigenvalue weighted by atomic mass is 10.1. The molecule has 0 fully saturated rings. The van der Waals surface area contributed by atoms with E-state index in [1.165, 1.54) is 6.92 Å². The zero-order valence-electron chi connectivity index (χ0n) is 14.4. The third-order valence-corrected chi connectivity index (χ3v) is 4.56. The largest absolute Gasteiger partial charge is 0.523 e. The topological polar surface area (TPSA) is 113 Å². The average Bonchev–Trinajstić information content (AvgIpc) is 2.93. The first-order valence-corrected chi connectivity index (χ1v) is 9.20. The molecule has 0 N–H and O–H groups in total. The Morgan fingerprint density at radius 2 is 1.82 bits per heavy atom. The summed E-state index contributed by atoms with van der Waals surface area (Å²) in [6.07, 6.45) is -2.40. The molecule has 2 rings (SSSR count). The molecule has 0 bridgehead atoms. The van der Waals surface area contributed by atoms with Crippen molar-refractivity contribution in [2.75, 3.05) is 0 Å². The van der Waals surface area contributed by atoms with Crippen LogP contribution in [-0.2, 0) is 36.9 Å². The second-order valence-corrected chi connectivity index (χ2v) is 7.11. The van der Waals surface area contributed by atoms with Gasteiger partial charge in [0.2, 0.25) is 0 Å². The van der Waals surface area contributed by atoms with Crippen LogP contribution in [0.1, 0.15) is 23.5 Å². The van der Waals surface area contributed by atoms with Crippen molar-refractivity contribution in [3.8, 4) is 0 Å². The molecular formula is C16H15F3O8S. The molecule has 1 atom stereocenters. The molecule has 0 aliphatic carbocycles. The molecule has 0 unspecified atom stereocenters. The zero-order chi connectivity index (χ0) is 20.9. The molecule has 1 aromatic carbocycles. The SMILES string of the molecule is Cc1oc(=O)oc1COC(=O)[C@@H](CCc1ccccc1)OS(=O)(=O)C(F)(F)F. The van der Waals surface area contributed by atoms with E-state index in [2.05, 4.69) is 13.0 Å². The highest BCUT2D eigenvalue weighted by molar-refractivity contribution is 7.87. The number of aryl methyl sites for hydroxylation is 2. The molecule has 154 valence electrons. The molecule has 0 radical (unpaired) electrons. The summed E-state index contributed by atoms with van der Waals surface area (Å²) in [4.78, 5) is 23.1. The van der Waals surface area contributed by atoms with Crippen LogP contribution in [0.25, 0.3) is 0 Å². The number of halogens is 3. The predicted molar refractivity (Wildman–Crippen MR) is 86.4 cm³/mol. The standard InChI is InChI=1S/C16H15F3O8S/c1-10-13(26-15(21)25-10)9-24-14(20)12(27-28(22,23)16(17,18)19)8-7-11-5-3-2-4-6-11/h2-6,12H,7-9H2,1H3/t12-/m1/s1. The molecule has 1 aromatic heterocycles. The van der Waals surface area contributed by atoms with Gasteiger partial charge in [0, 0.05) is 0 Å². The van der Waals surface area contributed by atoms with Crippen LogP contribution in [-0.4, -0.2) is 26.0 Å². The highest BCUT2D eigenvalue weighted by Crippen LogP contribution is 2.27. The number of carbonyl (C=O) groups excluding carboxylic acids is 1. The van der Waals surface area contributed by atoms with Crippen molar-refractivity contribution in [1.29, 1.82) is 0 Å². The third-order valence-electron chi connectivity index (χ3n) is 3.51. The Labute approximate surface area is 157 Å². The molecule has 2 aromatic rings. The van der Waals surface area contributed by atoms with Crippen LogP contribution in [0, 0.1) is 6.92 Å². The Morgan fingerprint density at radius 3 is 2.36 bits per heavy atom.